The number of carbonyl (C=O) groups is 1. The van der Waals surface area contributed by atoms with Crippen molar-refractivity contribution in [3.8, 4) is 11.1 Å². The molecule has 7 heteroatoms. The monoisotopic (exact) mass is 345 g/mol. The molecule has 1 atom stereocenters. The number of aromatic nitrogens is 2. The lowest BCUT2D eigenvalue weighted by molar-refractivity contribution is -0.142. The molecule has 0 aliphatic carbocycles. The van der Waals surface area contributed by atoms with Crippen molar-refractivity contribution in [3.63, 3.8) is 0 Å². The van der Waals surface area contributed by atoms with Crippen molar-refractivity contribution in [1.29, 1.82) is 0 Å². The van der Waals surface area contributed by atoms with E-state index in [0.29, 0.717) is 17.7 Å². The van der Waals surface area contributed by atoms with Gasteiger partial charge in [0.25, 0.3) is 5.56 Å². The van der Waals surface area contributed by atoms with E-state index in [1.165, 1.54) is 18.7 Å². The maximum atomic E-state index is 12.6. The van der Waals surface area contributed by atoms with Crippen molar-refractivity contribution in [2.24, 2.45) is 19.8 Å². The van der Waals surface area contributed by atoms with E-state index in [9.17, 15) is 14.4 Å². The summed E-state index contributed by atoms with van der Waals surface area (Å²) in [5.74, 6) is -0.468. The van der Waals surface area contributed by atoms with Crippen molar-refractivity contribution in [2.45, 2.75) is 26.3 Å². The first kappa shape index (κ1) is 18.7. The summed E-state index contributed by atoms with van der Waals surface area (Å²) in [6.45, 7) is 3.63. The summed E-state index contributed by atoms with van der Waals surface area (Å²) in [6, 6.07) is 4.81. The van der Waals surface area contributed by atoms with Gasteiger partial charge in [-0.25, -0.2) is 4.79 Å². The lowest BCUT2D eigenvalue weighted by Gasteiger charge is -2.15. The molecule has 0 aliphatic rings. The molecule has 1 aromatic carbocycles. The summed E-state index contributed by atoms with van der Waals surface area (Å²) in [5, 5.41) is 0. The Morgan fingerprint density at radius 2 is 1.84 bits per heavy atom. The Labute approximate surface area is 145 Å². The fourth-order valence-corrected chi connectivity index (χ4v) is 2.88. The van der Waals surface area contributed by atoms with Gasteiger partial charge in [0.15, 0.2) is 0 Å². The highest BCUT2D eigenvalue weighted by molar-refractivity contribution is 5.76. The molecule has 0 spiro atoms. The molecule has 0 saturated carbocycles. The predicted molar refractivity (Wildman–Crippen MR) is 95.5 cm³/mol. The molecule has 134 valence electrons. The highest BCUT2D eigenvalue weighted by atomic mass is 16.5. The van der Waals surface area contributed by atoms with Gasteiger partial charge in [-0.3, -0.25) is 14.2 Å². The van der Waals surface area contributed by atoms with Crippen LogP contribution in [0, 0.1) is 13.8 Å². The van der Waals surface area contributed by atoms with Crippen LogP contribution >= 0.6 is 0 Å². The van der Waals surface area contributed by atoms with E-state index in [-0.39, 0.29) is 11.2 Å². The Balaban J connectivity index is 2.52. The Morgan fingerprint density at radius 3 is 2.40 bits per heavy atom. The van der Waals surface area contributed by atoms with Gasteiger partial charge in [0, 0.05) is 19.8 Å². The number of aryl methyl sites for hydroxylation is 1. The van der Waals surface area contributed by atoms with Crippen molar-refractivity contribution >= 4 is 5.97 Å². The van der Waals surface area contributed by atoms with Crippen LogP contribution in [0.2, 0.25) is 0 Å². The van der Waals surface area contributed by atoms with Crippen LogP contribution in [0.5, 0.6) is 0 Å². The van der Waals surface area contributed by atoms with E-state index in [0.717, 1.165) is 21.3 Å². The Kier molecular flexibility index (Phi) is 5.27. The minimum absolute atomic E-state index is 0.331. The molecule has 0 radical (unpaired) electrons. The summed E-state index contributed by atoms with van der Waals surface area (Å²) >= 11 is 0. The van der Waals surface area contributed by atoms with Gasteiger partial charge >= 0.3 is 11.7 Å². The highest BCUT2D eigenvalue weighted by Crippen LogP contribution is 2.24. The topological polar surface area (TPSA) is 96.3 Å². The van der Waals surface area contributed by atoms with Crippen LogP contribution in [-0.4, -0.2) is 28.3 Å². The maximum absolute atomic E-state index is 12.6. The Bertz CT molecular complexity index is 941. The number of hydrogen-bond donors (Lipinski definition) is 1. The Hall–Kier alpha value is -2.67. The van der Waals surface area contributed by atoms with E-state index >= 15 is 0 Å². The number of methoxy groups -OCH3 is 1. The molecule has 0 bridgehead atoms. The minimum atomic E-state index is -0.734. The van der Waals surface area contributed by atoms with Crippen LogP contribution in [0.25, 0.3) is 11.1 Å². The molecule has 0 amide bonds. The fraction of sp³-hybridized carbons (Fsp3) is 0.389. The molecule has 1 unspecified atom stereocenters. The molecule has 1 heterocycles. The van der Waals surface area contributed by atoms with Crippen molar-refractivity contribution in [2.75, 3.05) is 7.11 Å². The number of ether oxygens (including phenoxy) is 1. The number of hydrogen-bond acceptors (Lipinski definition) is 5. The number of rotatable bonds is 4. The standard InChI is InChI=1S/C18H23N3O4/c1-10-8-12(9-14(19)17(23)25-5)6-7-13(10)15-11(2)20(3)18(24)21(4)16(15)22/h6-8,14H,9,19H2,1-5H3. The second kappa shape index (κ2) is 7.06. The van der Waals surface area contributed by atoms with Gasteiger partial charge in [-0.2, -0.15) is 0 Å². The van der Waals surface area contributed by atoms with Crippen LogP contribution in [0.15, 0.2) is 27.8 Å². The van der Waals surface area contributed by atoms with Gasteiger partial charge < -0.3 is 15.0 Å². The zero-order valence-electron chi connectivity index (χ0n) is 15.1. The van der Waals surface area contributed by atoms with E-state index in [1.807, 2.05) is 25.1 Å². The van der Waals surface area contributed by atoms with E-state index in [1.54, 1.807) is 14.0 Å². The molecule has 25 heavy (non-hydrogen) atoms. The van der Waals surface area contributed by atoms with Crippen LogP contribution in [-0.2, 0) is 30.0 Å². The first-order valence-electron chi connectivity index (χ1n) is 7.89. The number of esters is 1. The Morgan fingerprint density at radius 1 is 1.20 bits per heavy atom. The third kappa shape index (κ3) is 3.41. The average molecular weight is 345 g/mol. The van der Waals surface area contributed by atoms with Crippen molar-refractivity contribution < 1.29 is 9.53 Å². The normalized spacial score (nSPS) is 12.1. The summed E-state index contributed by atoms with van der Waals surface area (Å²) in [6.07, 6.45) is 0.345. The lowest BCUT2D eigenvalue weighted by Crippen LogP contribution is -2.39. The molecule has 7 nitrogen and oxygen atoms in total. The zero-order valence-corrected chi connectivity index (χ0v) is 15.1. The third-order valence-corrected chi connectivity index (χ3v) is 4.48. The molecule has 2 rings (SSSR count). The van der Waals surface area contributed by atoms with Gasteiger partial charge in [-0.1, -0.05) is 18.2 Å². The maximum Gasteiger partial charge on any atom is 0.330 e. The van der Waals surface area contributed by atoms with E-state index < -0.39 is 12.0 Å². The van der Waals surface area contributed by atoms with Gasteiger partial charge in [-0.05, 0) is 37.0 Å². The highest BCUT2D eigenvalue weighted by Gasteiger charge is 2.18. The van der Waals surface area contributed by atoms with Crippen LogP contribution in [0.3, 0.4) is 0 Å². The van der Waals surface area contributed by atoms with Crippen molar-refractivity contribution in [3.05, 3.63) is 55.9 Å². The summed E-state index contributed by atoms with van der Waals surface area (Å²) < 4.78 is 7.19. The number of carbonyl (C=O) groups excluding carboxylic acids is 1. The second-order valence-corrected chi connectivity index (χ2v) is 6.15. The number of benzene rings is 1. The first-order chi connectivity index (χ1) is 11.7. The fourth-order valence-electron chi connectivity index (χ4n) is 2.88. The average Bonchev–Trinajstić information content (AvgIpc) is 2.59. The van der Waals surface area contributed by atoms with Crippen molar-refractivity contribution in [1.82, 2.24) is 9.13 Å². The number of nitrogens with zero attached hydrogens (tertiary/aromatic N) is 2. The molecule has 0 saturated heterocycles. The van der Waals surface area contributed by atoms with Crippen LogP contribution in [0.4, 0.5) is 0 Å². The molecule has 0 fully saturated rings. The lowest BCUT2D eigenvalue weighted by atomic mass is 9.96. The third-order valence-electron chi connectivity index (χ3n) is 4.48. The SMILES string of the molecule is COC(=O)C(N)Cc1ccc(-c2c(C)n(C)c(=O)n(C)c2=O)c(C)c1. The van der Waals surface area contributed by atoms with Gasteiger partial charge in [-0.15, -0.1) is 0 Å². The van der Waals surface area contributed by atoms with Crippen LogP contribution in [0.1, 0.15) is 16.8 Å². The first-order valence-corrected chi connectivity index (χ1v) is 7.89. The zero-order chi connectivity index (χ0) is 18.9. The van der Waals surface area contributed by atoms with E-state index in [4.69, 9.17) is 5.73 Å². The number of nitrogens with two attached hydrogens (primary N) is 1. The summed E-state index contributed by atoms with van der Waals surface area (Å²) in [4.78, 5) is 36.1. The van der Waals surface area contributed by atoms with Gasteiger partial charge in [0.05, 0.1) is 12.7 Å². The molecule has 0 aliphatic heterocycles. The predicted octanol–water partition coefficient (Wildman–Crippen LogP) is 0.411. The molecule has 1 aromatic heterocycles. The largest absolute Gasteiger partial charge is 0.468 e. The summed E-state index contributed by atoms with van der Waals surface area (Å²) in [7, 11) is 4.40. The summed E-state index contributed by atoms with van der Waals surface area (Å²) in [5.41, 5.74) is 8.70. The van der Waals surface area contributed by atoms with Gasteiger partial charge in [0.2, 0.25) is 0 Å². The van der Waals surface area contributed by atoms with Gasteiger partial charge in [0.1, 0.15) is 6.04 Å². The second-order valence-electron chi connectivity index (χ2n) is 6.15. The molecule has 2 N–H and O–H groups in total. The van der Waals surface area contributed by atoms with Crippen LogP contribution < -0.4 is 17.0 Å². The quantitative estimate of drug-likeness (QED) is 0.810. The molecule has 2 aromatic rings. The minimum Gasteiger partial charge on any atom is -0.468 e. The molecular weight excluding hydrogens is 322 g/mol. The smallest absolute Gasteiger partial charge is 0.330 e. The van der Waals surface area contributed by atoms with E-state index in [2.05, 4.69) is 4.74 Å². The molecular formula is C18H23N3O4.